The van der Waals surface area contributed by atoms with Crippen LogP contribution in [-0.2, 0) is 14.3 Å². The first kappa shape index (κ1) is 19.7. The molecule has 1 fully saturated rings. The Kier molecular flexibility index (Phi) is 5.86. The average Bonchev–Trinajstić information content (AvgIpc) is 2.59. The van der Waals surface area contributed by atoms with Gasteiger partial charge in [0.1, 0.15) is 12.1 Å². The van der Waals surface area contributed by atoms with Gasteiger partial charge in [0, 0.05) is 12.2 Å². The zero-order chi connectivity index (χ0) is 19.5. The molecule has 1 aliphatic heterocycles. The third-order valence-electron chi connectivity index (χ3n) is 3.82. The van der Waals surface area contributed by atoms with E-state index in [-0.39, 0.29) is 25.6 Å². The number of hydrogen-bond acceptors (Lipinski definition) is 6. The molecule has 0 aliphatic carbocycles. The second kappa shape index (κ2) is 7.74. The summed E-state index contributed by atoms with van der Waals surface area (Å²) < 4.78 is 9.94. The van der Waals surface area contributed by atoms with Gasteiger partial charge >= 0.3 is 12.1 Å². The Hall–Kier alpha value is -2.61. The Morgan fingerprint density at radius 1 is 1.23 bits per heavy atom. The number of anilines is 1. The lowest BCUT2D eigenvalue weighted by molar-refractivity contribution is -0.122. The summed E-state index contributed by atoms with van der Waals surface area (Å²) in [6.07, 6.45) is -0.593. The second-order valence-electron chi connectivity index (χ2n) is 7.00. The van der Waals surface area contributed by atoms with E-state index < -0.39 is 23.7 Å². The summed E-state index contributed by atoms with van der Waals surface area (Å²) in [6, 6.07) is 5.70. The van der Waals surface area contributed by atoms with Gasteiger partial charge in [-0.2, -0.15) is 0 Å². The molecule has 1 saturated heterocycles. The van der Waals surface area contributed by atoms with Crippen LogP contribution in [0.4, 0.5) is 10.5 Å². The highest BCUT2D eigenvalue weighted by atomic mass is 16.6. The molecule has 0 bridgehead atoms. The number of methoxy groups -OCH3 is 1. The van der Waals surface area contributed by atoms with Crippen LogP contribution in [0.25, 0.3) is 0 Å². The lowest BCUT2D eigenvalue weighted by atomic mass is 10.1. The van der Waals surface area contributed by atoms with E-state index in [0.29, 0.717) is 11.3 Å². The fourth-order valence-electron chi connectivity index (χ4n) is 2.68. The lowest BCUT2D eigenvalue weighted by Gasteiger charge is -2.40. The third kappa shape index (κ3) is 4.51. The molecular formula is C18H24N2O6. The number of hydrogen-bond donors (Lipinski definition) is 1. The Morgan fingerprint density at radius 3 is 2.35 bits per heavy atom. The first-order valence-corrected chi connectivity index (χ1v) is 8.25. The summed E-state index contributed by atoms with van der Waals surface area (Å²) >= 11 is 0. The molecule has 0 radical (unpaired) electrons. The van der Waals surface area contributed by atoms with Crippen LogP contribution in [0.15, 0.2) is 24.3 Å². The van der Waals surface area contributed by atoms with Gasteiger partial charge in [0.05, 0.1) is 25.3 Å². The Balaban J connectivity index is 2.17. The molecule has 0 aromatic heterocycles. The zero-order valence-corrected chi connectivity index (χ0v) is 15.4. The normalized spacial score (nSPS) is 17.9. The van der Waals surface area contributed by atoms with E-state index in [1.54, 1.807) is 45.0 Å². The number of rotatable bonds is 3. The highest BCUT2D eigenvalue weighted by molar-refractivity contribution is 5.98. The molecule has 8 heteroatoms. The molecule has 1 aromatic carbocycles. The van der Waals surface area contributed by atoms with Crippen LogP contribution in [-0.4, -0.2) is 66.4 Å². The van der Waals surface area contributed by atoms with E-state index in [0.717, 1.165) is 0 Å². The molecule has 2 rings (SSSR count). The van der Waals surface area contributed by atoms with Gasteiger partial charge in [-0.05, 0) is 45.0 Å². The van der Waals surface area contributed by atoms with Crippen molar-refractivity contribution in [2.24, 2.45) is 0 Å². The fraction of sp³-hybridized carbons (Fsp3) is 0.500. The van der Waals surface area contributed by atoms with Gasteiger partial charge in [-0.25, -0.2) is 9.59 Å². The SMILES string of the molecule is COC(=O)c1ccc(N2C(=O)CN(C(=O)OC(C)(C)C)CC2CO)cc1. The van der Waals surface area contributed by atoms with E-state index in [4.69, 9.17) is 4.74 Å². The molecule has 8 nitrogen and oxygen atoms in total. The number of nitrogens with zero attached hydrogens (tertiary/aromatic N) is 2. The van der Waals surface area contributed by atoms with Crippen molar-refractivity contribution in [2.75, 3.05) is 31.7 Å². The van der Waals surface area contributed by atoms with Crippen molar-refractivity contribution in [1.29, 1.82) is 0 Å². The summed E-state index contributed by atoms with van der Waals surface area (Å²) in [4.78, 5) is 39.0. The number of carbonyl (C=O) groups is 3. The van der Waals surface area contributed by atoms with Crippen LogP contribution in [0.1, 0.15) is 31.1 Å². The first-order valence-electron chi connectivity index (χ1n) is 8.25. The van der Waals surface area contributed by atoms with Crippen molar-refractivity contribution in [3.05, 3.63) is 29.8 Å². The molecule has 1 unspecified atom stereocenters. The van der Waals surface area contributed by atoms with E-state index >= 15 is 0 Å². The van der Waals surface area contributed by atoms with Gasteiger partial charge < -0.3 is 19.5 Å². The molecule has 26 heavy (non-hydrogen) atoms. The van der Waals surface area contributed by atoms with E-state index in [9.17, 15) is 19.5 Å². The summed E-state index contributed by atoms with van der Waals surface area (Å²) in [7, 11) is 1.29. The minimum atomic E-state index is -0.671. The number of ether oxygens (including phenoxy) is 2. The van der Waals surface area contributed by atoms with Crippen LogP contribution in [0.2, 0.25) is 0 Å². The number of carbonyl (C=O) groups excluding carboxylic acids is 3. The van der Waals surface area contributed by atoms with Gasteiger partial charge in [0.25, 0.3) is 0 Å². The van der Waals surface area contributed by atoms with Crippen LogP contribution in [0, 0.1) is 0 Å². The lowest BCUT2D eigenvalue weighted by Crippen LogP contribution is -2.60. The molecule has 2 amide bonds. The van der Waals surface area contributed by atoms with Crippen molar-refractivity contribution in [1.82, 2.24) is 4.90 Å². The summed E-state index contributed by atoms with van der Waals surface area (Å²) in [5, 5.41) is 9.71. The van der Waals surface area contributed by atoms with E-state index in [2.05, 4.69) is 4.74 Å². The molecule has 1 N–H and O–H groups in total. The molecule has 1 atom stereocenters. The van der Waals surface area contributed by atoms with Crippen molar-refractivity contribution >= 4 is 23.7 Å². The van der Waals surface area contributed by atoms with Crippen molar-refractivity contribution in [2.45, 2.75) is 32.4 Å². The Morgan fingerprint density at radius 2 is 1.85 bits per heavy atom. The number of aliphatic hydroxyl groups is 1. The largest absolute Gasteiger partial charge is 0.465 e. The van der Waals surface area contributed by atoms with Crippen LogP contribution >= 0.6 is 0 Å². The molecule has 1 heterocycles. The van der Waals surface area contributed by atoms with Crippen LogP contribution in [0.3, 0.4) is 0 Å². The van der Waals surface area contributed by atoms with Crippen LogP contribution < -0.4 is 4.90 Å². The number of benzene rings is 1. The van der Waals surface area contributed by atoms with Crippen molar-refractivity contribution in [3.63, 3.8) is 0 Å². The Bertz CT molecular complexity index is 680. The van der Waals surface area contributed by atoms with Gasteiger partial charge in [-0.15, -0.1) is 0 Å². The monoisotopic (exact) mass is 364 g/mol. The highest BCUT2D eigenvalue weighted by Gasteiger charge is 2.37. The zero-order valence-electron chi connectivity index (χ0n) is 15.4. The fourth-order valence-corrected chi connectivity index (χ4v) is 2.68. The van der Waals surface area contributed by atoms with Gasteiger partial charge in [0.2, 0.25) is 5.91 Å². The summed E-state index contributed by atoms with van der Waals surface area (Å²) in [5.41, 5.74) is 0.220. The third-order valence-corrected chi connectivity index (χ3v) is 3.82. The topological polar surface area (TPSA) is 96.4 Å². The summed E-state index contributed by atoms with van der Waals surface area (Å²) in [6.45, 7) is 4.92. The predicted octanol–water partition coefficient (Wildman–Crippen LogP) is 1.42. The van der Waals surface area contributed by atoms with E-state index in [1.807, 2.05) is 0 Å². The van der Waals surface area contributed by atoms with Crippen molar-refractivity contribution in [3.8, 4) is 0 Å². The van der Waals surface area contributed by atoms with E-state index in [1.165, 1.54) is 16.9 Å². The Labute approximate surface area is 152 Å². The van der Waals surface area contributed by atoms with Crippen LogP contribution in [0.5, 0.6) is 0 Å². The molecule has 1 aromatic rings. The maximum absolute atomic E-state index is 12.6. The molecule has 142 valence electrons. The molecule has 0 saturated carbocycles. The smallest absolute Gasteiger partial charge is 0.410 e. The van der Waals surface area contributed by atoms with Crippen molar-refractivity contribution < 1.29 is 29.0 Å². The minimum Gasteiger partial charge on any atom is -0.465 e. The highest BCUT2D eigenvalue weighted by Crippen LogP contribution is 2.23. The van der Waals surface area contributed by atoms with Gasteiger partial charge in [-0.1, -0.05) is 0 Å². The first-order chi connectivity index (χ1) is 12.2. The average molecular weight is 364 g/mol. The summed E-state index contributed by atoms with van der Waals surface area (Å²) in [5.74, 6) is -0.816. The molecular weight excluding hydrogens is 340 g/mol. The maximum atomic E-state index is 12.6. The van der Waals surface area contributed by atoms with Gasteiger partial charge in [0.15, 0.2) is 0 Å². The minimum absolute atomic E-state index is 0.149. The standard InChI is InChI=1S/C18H24N2O6/c1-18(2,3)26-17(24)19-9-14(11-21)20(15(22)10-19)13-7-5-12(6-8-13)16(23)25-4/h5-8,14,21H,9-11H2,1-4H3. The molecule has 1 aliphatic rings. The number of aliphatic hydroxyl groups excluding tert-OH is 1. The number of piperazine rings is 1. The second-order valence-corrected chi connectivity index (χ2v) is 7.00. The predicted molar refractivity (Wildman–Crippen MR) is 93.9 cm³/mol. The quantitative estimate of drug-likeness (QED) is 0.815. The molecule has 0 spiro atoms. The number of esters is 1. The number of amides is 2. The maximum Gasteiger partial charge on any atom is 0.410 e. The van der Waals surface area contributed by atoms with Gasteiger partial charge in [-0.3, -0.25) is 9.69 Å².